The normalized spacial score (nSPS) is 27.6. The molecule has 7 heteroatoms. The zero-order valence-corrected chi connectivity index (χ0v) is 15.7. The van der Waals surface area contributed by atoms with E-state index in [1.807, 2.05) is 9.80 Å². The van der Waals surface area contributed by atoms with Crippen LogP contribution in [0.5, 0.6) is 0 Å². The number of carbonyl (C=O) groups excluding carboxylic acids is 2. The van der Waals surface area contributed by atoms with Gasteiger partial charge in [-0.25, -0.2) is 4.79 Å². The molecule has 3 heterocycles. The van der Waals surface area contributed by atoms with Gasteiger partial charge in [0.05, 0.1) is 13.2 Å². The van der Waals surface area contributed by atoms with Crippen LogP contribution in [0.1, 0.15) is 19.3 Å². The summed E-state index contributed by atoms with van der Waals surface area (Å²) in [6.45, 7) is 11.7. The number of amides is 3. The van der Waals surface area contributed by atoms with E-state index in [1.54, 1.807) is 6.08 Å². The molecule has 0 aromatic carbocycles. The summed E-state index contributed by atoms with van der Waals surface area (Å²) in [6, 6.07) is -0.0110. The van der Waals surface area contributed by atoms with Crippen LogP contribution in [-0.4, -0.2) is 92.2 Å². The van der Waals surface area contributed by atoms with Gasteiger partial charge < -0.3 is 19.9 Å². The second-order valence-electron chi connectivity index (χ2n) is 7.56. The van der Waals surface area contributed by atoms with Crippen molar-refractivity contribution >= 4 is 11.9 Å². The van der Waals surface area contributed by atoms with Crippen LogP contribution in [0, 0.1) is 11.8 Å². The molecule has 3 fully saturated rings. The first kappa shape index (κ1) is 19.2. The van der Waals surface area contributed by atoms with E-state index in [1.165, 1.54) is 0 Å². The fourth-order valence-corrected chi connectivity index (χ4v) is 4.26. The van der Waals surface area contributed by atoms with Crippen LogP contribution in [0.4, 0.5) is 4.79 Å². The molecule has 0 saturated carbocycles. The maximum absolute atomic E-state index is 12.7. The van der Waals surface area contributed by atoms with Gasteiger partial charge in [-0.1, -0.05) is 6.08 Å². The van der Waals surface area contributed by atoms with Gasteiger partial charge in [0.25, 0.3) is 0 Å². The first-order valence-corrected chi connectivity index (χ1v) is 9.89. The lowest BCUT2D eigenvalue weighted by Crippen LogP contribution is -2.48. The van der Waals surface area contributed by atoms with Crippen LogP contribution in [0.2, 0.25) is 0 Å². The molecular weight excluding hydrogens is 332 g/mol. The zero-order valence-electron chi connectivity index (χ0n) is 15.7. The highest BCUT2D eigenvalue weighted by Gasteiger charge is 2.36. The van der Waals surface area contributed by atoms with E-state index < -0.39 is 0 Å². The summed E-state index contributed by atoms with van der Waals surface area (Å²) >= 11 is 0. The van der Waals surface area contributed by atoms with Crippen molar-refractivity contribution in [2.75, 3.05) is 65.6 Å². The van der Waals surface area contributed by atoms with Crippen LogP contribution >= 0.6 is 0 Å². The number of hydrogen-bond acceptors (Lipinski definition) is 4. The maximum atomic E-state index is 12.7. The monoisotopic (exact) mass is 364 g/mol. The predicted octanol–water partition coefficient (Wildman–Crippen LogP) is 0.775. The van der Waals surface area contributed by atoms with E-state index in [2.05, 4.69) is 16.8 Å². The third-order valence-corrected chi connectivity index (χ3v) is 5.93. The van der Waals surface area contributed by atoms with Gasteiger partial charge in [-0.2, -0.15) is 0 Å². The van der Waals surface area contributed by atoms with Gasteiger partial charge in [0.1, 0.15) is 0 Å². The summed E-state index contributed by atoms with van der Waals surface area (Å²) in [5.41, 5.74) is 0. The summed E-state index contributed by atoms with van der Waals surface area (Å²) in [5, 5.41) is 2.86. The van der Waals surface area contributed by atoms with E-state index in [0.29, 0.717) is 24.8 Å². The van der Waals surface area contributed by atoms with Crippen molar-refractivity contribution < 1.29 is 14.3 Å². The van der Waals surface area contributed by atoms with Gasteiger partial charge >= 0.3 is 6.03 Å². The predicted molar refractivity (Wildman–Crippen MR) is 99.8 cm³/mol. The Morgan fingerprint density at radius 2 is 1.92 bits per heavy atom. The molecule has 0 spiro atoms. The number of carbonyl (C=O) groups is 2. The standard InChI is InChI=1S/C19H32N4O3/c1-2-5-20-19(25)23-7-3-16-14-18(24)22(6-4-17(16)15-23)9-8-21-10-12-26-13-11-21/h2,16-17H,1,3-15H2,(H,20,25). The van der Waals surface area contributed by atoms with Gasteiger partial charge in [0.15, 0.2) is 0 Å². The third-order valence-electron chi connectivity index (χ3n) is 5.93. The van der Waals surface area contributed by atoms with Crippen molar-refractivity contribution in [1.29, 1.82) is 0 Å². The largest absolute Gasteiger partial charge is 0.379 e. The molecule has 3 aliphatic heterocycles. The maximum Gasteiger partial charge on any atom is 0.317 e. The molecule has 0 bridgehead atoms. The van der Waals surface area contributed by atoms with Crippen LogP contribution in [-0.2, 0) is 9.53 Å². The smallest absolute Gasteiger partial charge is 0.317 e. The second kappa shape index (κ2) is 9.37. The Balaban J connectivity index is 1.49. The van der Waals surface area contributed by atoms with Crippen molar-refractivity contribution in [2.24, 2.45) is 11.8 Å². The fourth-order valence-electron chi connectivity index (χ4n) is 4.26. The quantitative estimate of drug-likeness (QED) is 0.732. The Morgan fingerprint density at radius 1 is 1.15 bits per heavy atom. The highest BCUT2D eigenvalue weighted by atomic mass is 16.5. The third kappa shape index (κ3) is 4.98. The summed E-state index contributed by atoms with van der Waals surface area (Å²) < 4.78 is 5.39. The summed E-state index contributed by atoms with van der Waals surface area (Å²) in [7, 11) is 0. The van der Waals surface area contributed by atoms with E-state index in [0.717, 1.165) is 71.9 Å². The molecule has 3 amide bonds. The fraction of sp³-hybridized carbons (Fsp3) is 0.789. The molecule has 26 heavy (non-hydrogen) atoms. The van der Waals surface area contributed by atoms with Crippen molar-refractivity contribution in [1.82, 2.24) is 20.0 Å². The molecule has 146 valence electrons. The van der Waals surface area contributed by atoms with Crippen molar-refractivity contribution in [3.05, 3.63) is 12.7 Å². The number of nitrogens with one attached hydrogen (secondary N) is 1. The first-order valence-electron chi connectivity index (χ1n) is 9.89. The lowest BCUT2D eigenvalue weighted by molar-refractivity contribution is -0.131. The van der Waals surface area contributed by atoms with Crippen molar-refractivity contribution in [3.8, 4) is 0 Å². The summed E-state index contributed by atoms with van der Waals surface area (Å²) in [4.78, 5) is 31.2. The number of fused-ring (bicyclic) bond motifs is 1. The molecular formula is C19H32N4O3. The van der Waals surface area contributed by atoms with Gasteiger partial charge in [-0.05, 0) is 24.7 Å². The first-order chi connectivity index (χ1) is 12.7. The van der Waals surface area contributed by atoms with Crippen molar-refractivity contribution in [2.45, 2.75) is 19.3 Å². The lowest BCUT2D eigenvalue weighted by atomic mass is 9.82. The Kier molecular flexibility index (Phi) is 6.91. The highest BCUT2D eigenvalue weighted by Crippen LogP contribution is 2.32. The molecule has 3 saturated heterocycles. The SMILES string of the molecule is C=CCNC(=O)N1CCC2CC(=O)N(CCN3CCOCC3)CCC2C1. The molecule has 0 aliphatic carbocycles. The van der Waals surface area contributed by atoms with Crippen LogP contribution in [0.25, 0.3) is 0 Å². The molecule has 3 aliphatic rings. The number of ether oxygens (including phenoxy) is 1. The minimum atomic E-state index is -0.0110. The molecule has 0 radical (unpaired) electrons. The van der Waals surface area contributed by atoms with E-state index in [4.69, 9.17) is 4.74 Å². The van der Waals surface area contributed by atoms with Crippen LogP contribution < -0.4 is 5.32 Å². The Bertz CT molecular complexity index is 507. The number of nitrogens with zero attached hydrogens (tertiary/aromatic N) is 3. The lowest BCUT2D eigenvalue weighted by Gasteiger charge is -2.37. The minimum Gasteiger partial charge on any atom is -0.379 e. The highest BCUT2D eigenvalue weighted by molar-refractivity contribution is 5.77. The topological polar surface area (TPSA) is 65.1 Å². The van der Waals surface area contributed by atoms with Crippen molar-refractivity contribution in [3.63, 3.8) is 0 Å². The van der Waals surface area contributed by atoms with Gasteiger partial charge in [0.2, 0.25) is 5.91 Å². The molecule has 2 atom stereocenters. The Labute approximate surface area is 156 Å². The summed E-state index contributed by atoms with van der Waals surface area (Å²) in [6.07, 6.45) is 4.25. The number of rotatable bonds is 5. The van der Waals surface area contributed by atoms with Gasteiger partial charge in [0, 0.05) is 58.8 Å². The number of morpholine rings is 1. The van der Waals surface area contributed by atoms with E-state index in [-0.39, 0.29) is 11.9 Å². The molecule has 7 nitrogen and oxygen atoms in total. The molecule has 0 aromatic rings. The van der Waals surface area contributed by atoms with Gasteiger partial charge in [-0.15, -0.1) is 6.58 Å². The van der Waals surface area contributed by atoms with Crippen LogP contribution in [0.3, 0.4) is 0 Å². The molecule has 2 unspecified atom stereocenters. The zero-order chi connectivity index (χ0) is 18.4. The second-order valence-corrected chi connectivity index (χ2v) is 7.56. The van der Waals surface area contributed by atoms with E-state index >= 15 is 0 Å². The number of likely N-dealkylation sites (tertiary alicyclic amines) is 2. The average Bonchev–Trinajstić information content (AvgIpc) is 2.83. The Morgan fingerprint density at radius 3 is 2.69 bits per heavy atom. The number of piperidine rings is 1. The minimum absolute atomic E-state index is 0.0110. The van der Waals surface area contributed by atoms with Crippen LogP contribution in [0.15, 0.2) is 12.7 Å². The molecule has 1 N–H and O–H groups in total. The van der Waals surface area contributed by atoms with E-state index in [9.17, 15) is 9.59 Å². The Hall–Kier alpha value is -1.60. The molecule has 0 aromatic heterocycles. The average molecular weight is 364 g/mol. The van der Waals surface area contributed by atoms with Gasteiger partial charge in [-0.3, -0.25) is 9.69 Å². The number of hydrogen-bond donors (Lipinski definition) is 1. The summed E-state index contributed by atoms with van der Waals surface area (Å²) in [5.74, 6) is 1.13. The number of urea groups is 1. The molecule has 3 rings (SSSR count).